The summed E-state index contributed by atoms with van der Waals surface area (Å²) in [6.07, 6.45) is 5.76. The summed E-state index contributed by atoms with van der Waals surface area (Å²) >= 11 is 0. The number of phenolic OH excluding ortho intramolecular Hbond substituents is 1. The largest absolute Gasteiger partial charge is 0.507 e. The first-order chi connectivity index (χ1) is 23.2. The van der Waals surface area contributed by atoms with Gasteiger partial charge in [0.15, 0.2) is 0 Å². The first-order valence-electron chi connectivity index (χ1n) is 17.0. The molecule has 2 aliphatic heterocycles. The predicted octanol–water partition coefficient (Wildman–Crippen LogP) is 7.36. The number of para-hydroxylation sites is 1. The molecule has 3 N–H and O–H groups in total. The minimum Gasteiger partial charge on any atom is -0.507 e. The Labute approximate surface area is 283 Å². The highest BCUT2D eigenvalue weighted by Gasteiger charge is 2.57. The number of hydrogen-bond acceptors (Lipinski definition) is 7. The van der Waals surface area contributed by atoms with Crippen LogP contribution >= 0.6 is 0 Å². The molecular weight excluding hydrogens is 603 g/mol. The van der Waals surface area contributed by atoms with E-state index in [0.29, 0.717) is 30.9 Å². The van der Waals surface area contributed by atoms with E-state index in [1.807, 2.05) is 80.6 Å². The van der Waals surface area contributed by atoms with Gasteiger partial charge in [0.05, 0.1) is 30.2 Å². The highest BCUT2D eigenvalue weighted by atomic mass is 16.5. The summed E-state index contributed by atoms with van der Waals surface area (Å²) in [7, 11) is 0.609. The molecule has 0 radical (unpaired) electrons. The van der Waals surface area contributed by atoms with Gasteiger partial charge in [0.2, 0.25) is 11.8 Å². The van der Waals surface area contributed by atoms with Gasteiger partial charge in [-0.3, -0.25) is 14.5 Å². The lowest BCUT2D eigenvalue weighted by Gasteiger charge is -2.43. The summed E-state index contributed by atoms with van der Waals surface area (Å²) in [4.78, 5) is 29.5. The minimum atomic E-state index is -1.03. The third-order valence-corrected chi connectivity index (χ3v) is 10.00. The maximum absolute atomic E-state index is 14.2. The monoisotopic (exact) mass is 648 g/mol. The molecule has 8 nitrogen and oxygen atoms in total. The number of carbonyl (C=O) groups is 2. The highest BCUT2D eigenvalue weighted by Crippen LogP contribution is 2.51. The summed E-state index contributed by atoms with van der Waals surface area (Å²) in [5.74, 6) is -1.49. The molecule has 2 fully saturated rings. The minimum absolute atomic E-state index is 0.202. The summed E-state index contributed by atoms with van der Waals surface area (Å²) in [5.41, 5.74) is 8.35. The van der Waals surface area contributed by atoms with Crippen molar-refractivity contribution in [3.8, 4) is 5.75 Å². The zero-order valence-corrected chi connectivity index (χ0v) is 28.2. The van der Waals surface area contributed by atoms with Crippen molar-refractivity contribution < 1.29 is 29.1 Å². The average Bonchev–Trinajstić information content (AvgIpc) is 3.32. The lowest BCUT2D eigenvalue weighted by molar-refractivity contribution is -0.122. The van der Waals surface area contributed by atoms with Gasteiger partial charge in [0.25, 0.3) is 0 Å². The number of rotatable bonds is 11. The van der Waals surface area contributed by atoms with Crippen molar-refractivity contribution >= 4 is 42.1 Å². The third kappa shape index (κ3) is 6.86. The number of amides is 2. The molecule has 0 bridgehead atoms. The standard InChI is InChI=1S/C39H45BN2O6/c1-5-9-26(20-27-18-24(2)37(43)25(3)19-27)12-17-34-35-28(23-47-4)21-32-36(33(35)22-40(46)48-34)39(45)42(38(32)44)31-15-13-30(14-16-31)41-29-10-7-6-8-11-29/h6-8,10-11,13-16,18-20,32-34,36,41,43,46H,5,9,12,17,21-23H2,1-4H3/b26-20+/t32-,33+,34-,36-/m1/s1. The number of anilines is 3. The third-order valence-electron chi connectivity index (χ3n) is 10.00. The maximum Gasteiger partial charge on any atom is 0.455 e. The van der Waals surface area contributed by atoms with Crippen LogP contribution in [-0.4, -0.2) is 48.9 Å². The molecule has 250 valence electrons. The Bertz CT molecular complexity index is 1700. The first-order valence-corrected chi connectivity index (χ1v) is 17.0. The van der Waals surface area contributed by atoms with Crippen LogP contribution < -0.4 is 10.2 Å². The van der Waals surface area contributed by atoms with E-state index in [0.717, 1.165) is 58.5 Å². The molecule has 6 rings (SSSR count). The van der Waals surface area contributed by atoms with E-state index in [4.69, 9.17) is 9.39 Å². The summed E-state index contributed by atoms with van der Waals surface area (Å²) in [6.45, 7) is 6.31. The van der Waals surface area contributed by atoms with Gasteiger partial charge >= 0.3 is 7.12 Å². The topological polar surface area (TPSA) is 108 Å². The van der Waals surface area contributed by atoms with Crippen molar-refractivity contribution in [2.75, 3.05) is 23.9 Å². The molecule has 9 heteroatoms. The van der Waals surface area contributed by atoms with Crippen LogP contribution in [0.3, 0.4) is 0 Å². The van der Waals surface area contributed by atoms with Crippen LogP contribution in [0.15, 0.2) is 83.4 Å². The fraction of sp³-hybridized carbons (Fsp3) is 0.385. The zero-order chi connectivity index (χ0) is 33.9. The quantitative estimate of drug-likeness (QED) is 0.113. The van der Waals surface area contributed by atoms with E-state index in [9.17, 15) is 19.7 Å². The van der Waals surface area contributed by atoms with Gasteiger partial charge in [0, 0.05) is 18.5 Å². The number of fused-ring (bicyclic) bond motifs is 3. The van der Waals surface area contributed by atoms with E-state index < -0.39 is 25.1 Å². The Morgan fingerprint density at radius 3 is 2.35 bits per heavy atom. The van der Waals surface area contributed by atoms with Gasteiger partial charge < -0.3 is 24.8 Å². The molecule has 0 saturated carbocycles. The van der Waals surface area contributed by atoms with Gasteiger partial charge in [-0.25, -0.2) is 0 Å². The van der Waals surface area contributed by atoms with Gasteiger partial charge in [-0.2, -0.15) is 0 Å². The number of aromatic hydroxyl groups is 1. The molecule has 0 aromatic heterocycles. The average molecular weight is 649 g/mol. The molecule has 1 aliphatic carbocycles. The Morgan fingerprint density at radius 1 is 1.00 bits per heavy atom. The SMILES string of the molecule is CCC/C(=C\c1cc(C)c(O)c(C)c1)CC[C@H]1OB(O)C[C@H]2C1=C(COC)C[C@H]1C(=O)N(c3ccc(Nc4ccccc4)cc3)C(=O)[C@H]12. The number of hydrogen-bond donors (Lipinski definition) is 3. The van der Waals surface area contributed by atoms with Gasteiger partial charge in [-0.05, 0) is 128 Å². The molecule has 48 heavy (non-hydrogen) atoms. The number of ether oxygens (including phenoxy) is 1. The second-order valence-electron chi connectivity index (χ2n) is 13.4. The maximum atomic E-state index is 14.2. The van der Waals surface area contributed by atoms with E-state index in [-0.39, 0.29) is 24.1 Å². The molecule has 0 unspecified atom stereocenters. The molecule has 3 aromatic carbocycles. The smallest absolute Gasteiger partial charge is 0.455 e. The van der Waals surface area contributed by atoms with Crippen LogP contribution in [0.1, 0.15) is 55.7 Å². The number of nitrogens with one attached hydrogen (secondary N) is 1. The Morgan fingerprint density at radius 2 is 1.69 bits per heavy atom. The fourth-order valence-corrected chi connectivity index (χ4v) is 7.92. The van der Waals surface area contributed by atoms with Gasteiger partial charge in [0.1, 0.15) is 5.75 Å². The van der Waals surface area contributed by atoms with E-state index >= 15 is 0 Å². The molecular formula is C39H45BN2O6. The second kappa shape index (κ2) is 14.5. The zero-order valence-electron chi connectivity index (χ0n) is 28.2. The predicted molar refractivity (Wildman–Crippen MR) is 190 cm³/mol. The highest BCUT2D eigenvalue weighted by molar-refractivity contribution is 6.43. The Balaban J connectivity index is 1.25. The number of allylic oxidation sites excluding steroid dienone is 1. The summed E-state index contributed by atoms with van der Waals surface area (Å²) in [5, 5.41) is 24.6. The number of methoxy groups -OCH3 is 1. The van der Waals surface area contributed by atoms with E-state index in [2.05, 4.69) is 18.3 Å². The molecule has 4 atom stereocenters. The number of imide groups is 1. The van der Waals surface area contributed by atoms with Gasteiger partial charge in [-0.1, -0.05) is 43.2 Å². The normalized spacial score (nSPS) is 22.6. The van der Waals surface area contributed by atoms with Crippen LogP contribution in [0.4, 0.5) is 17.1 Å². The van der Waals surface area contributed by atoms with E-state index in [1.54, 1.807) is 7.11 Å². The molecule has 2 saturated heterocycles. The molecule has 3 aromatic rings. The fourth-order valence-electron chi connectivity index (χ4n) is 7.92. The molecule has 3 aliphatic rings. The van der Waals surface area contributed by atoms with Crippen molar-refractivity contribution in [2.45, 2.75) is 65.3 Å². The number of nitrogens with zero attached hydrogens (tertiary/aromatic N) is 1. The molecule has 2 amide bonds. The first kappa shape index (κ1) is 33.7. The van der Waals surface area contributed by atoms with Crippen LogP contribution in [-0.2, 0) is 19.0 Å². The van der Waals surface area contributed by atoms with Crippen molar-refractivity contribution in [1.29, 1.82) is 0 Å². The van der Waals surface area contributed by atoms with Crippen LogP contribution in [0.2, 0.25) is 6.32 Å². The van der Waals surface area contributed by atoms with Crippen molar-refractivity contribution in [3.63, 3.8) is 0 Å². The summed E-state index contributed by atoms with van der Waals surface area (Å²) in [6, 6.07) is 21.2. The van der Waals surface area contributed by atoms with Crippen LogP contribution in [0.25, 0.3) is 6.08 Å². The summed E-state index contributed by atoms with van der Waals surface area (Å²) < 4.78 is 11.9. The number of aryl methyl sites for hydroxylation is 2. The Hall–Kier alpha value is -4.18. The van der Waals surface area contributed by atoms with Crippen LogP contribution in [0, 0.1) is 31.6 Å². The van der Waals surface area contributed by atoms with Crippen molar-refractivity contribution in [2.24, 2.45) is 17.8 Å². The number of carbonyl (C=O) groups excluding carboxylic acids is 2. The van der Waals surface area contributed by atoms with Crippen molar-refractivity contribution in [1.82, 2.24) is 0 Å². The van der Waals surface area contributed by atoms with Crippen LogP contribution in [0.5, 0.6) is 5.75 Å². The Kier molecular flexibility index (Phi) is 10.2. The lowest BCUT2D eigenvalue weighted by Crippen LogP contribution is -2.46. The number of benzene rings is 3. The van der Waals surface area contributed by atoms with Crippen molar-refractivity contribution in [3.05, 3.63) is 100 Å². The molecule has 0 spiro atoms. The number of phenols is 1. The molecule has 2 heterocycles. The van der Waals surface area contributed by atoms with Gasteiger partial charge in [-0.15, -0.1) is 0 Å². The van der Waals surface area contributed by atoms with E-state index in [1.165, 1.54) is 10.5 Å². The lowest BCUT2D eigenvalue weighted by atomic mass is 9.58. The second-order valence-corrected chi connectivity index (χ2v) is 13.4.